The molecule has 72 valence electrons. The van der Waals surface area contributed by atoms with Crippen LogP contribution in [0.5, 0.6) is 5.88 Å². The molecular weight excluding hydrogens is 178 g/mol. The summed E-state index contributed by atoms with van der Waals surface area (Å²) in [4.78, 5) is 4.04. The maximum atomic E-state index is 8.81. The van der Waals surface area contributed by atoms with Crippen molar-refractivity contribution in [2.45, 2.75) is 12.5 Å². The summed E-state index contributed by atoms with van der Waals surface area (Å²) in [5.41, 5.74) is 0.499. The topological polar surface area (TPSA) is 57.9 Å². The van der Waals surface area contributed by atoms with Gasteiger partial charge in [-0.25, -0.2) is 4.98 Å². The van der Waals surface area contributed by atoms with Crippen molar-refractivity contribution >= 4 is 0 Å². The molecule has 1 saturated heterocycles. The molecular formula is C10H11N3O. The molecule has 2 heterocycles. The molecule has 1 N–H and O–H groups in total. The summed E-state index contributed by atoms with van der Waals surface area (Å²) in [5.74, 6) is 0.448. The van der Waals surface area contributed by atoms with Gasteiger partial charge in [0, 0.05) is 12.7 Å². The van der Waals surface area contributed by atoms with Gasteiger partial charge in [0.05, 0.1) is 0 Å². The van der Waals surface area contributed by atoms with E-state index in [4.69, 9.17) is 10.00 Å². The molecule has 0 radical (unpaired) electrons. The summed E-state index contributed by atoms with van der Waals surface area (Å²) in [6, 6.07) is 5.51. The largest absolute Gasteiger partial charge is 0.472 e. The molecule has 1 aromatic heterocycles. The first-order chi connectivity index (χ1) is 6.90. The summed E-state index contributed by atoms with van der Waals surface area (Å²) >= 11 is 0. The summed E-state index contributed by atoms with van der Waals surface area (Å²) in [6.45, 7) is 1.81. The molecule has 1 aliphatic heterocycles. The van der Waals surface area contributed by atoms with Gasteiger partial charge in [0.2, 0.25) is 5.88 Å². The fourth-order valence-electron chi connectivity index (χ4n) is 1.46. The van der Waals surface area contributed by atoms with Gasteiger partial charge in [0.15, 0.2) is 0 Å². The molecule has 1 fully saturated rings. The Kier molecular flexibility index (Phi) is 2.61. The average molecular weight is 189 g/mol. The third-order valence-corrected chi connectivity index (χ3v) is 2.19. The second-order valence-corrected chi connectivity index (χ2v) is 3.20. The van der Waals surface area contributed by atoms with E-state index >= 15 is 0 Å². The molecule has 1 atom stereocenters. The Balaban J connectivity index is 2.11. The van der Waals surface area contributed by atoms with Crippen LogP contribution in [0.3, 0.4) is 0 Å². The van der Waals surface area contributed by atoms with Crippen LogP contribution in [0.4, 0.5) is 0 Å². The molecule has 0 bridgehead atoms. The summed E-state index contributed by atoms with van der Waals surface area (Å²) in [6.07, 6.45) is 2.76. The van der Waals surface area contributed by atoms with Crippen molar-refractivity contribution in [3.05, 3.63) is 23.9 Å². The lowest BCUT2D eigenvalue weighted by molar-refractivity contribution is 0.213. The highest BCUT2D eigenvalue weighted by molar-refractivity contribution is 5.37. The Bertz CT molecular complexity index is 353. The van der Waals surface area contributed by atoms with Gasteiger partial charge in [0.1, 0.15) is 17.7 Å². The van der Waals surface area contributed by atoms with Crippen molar-refractivity contribution in [2.75, 3.05) is 13.1 Å². The smallest absolute Gasteiger partial charge is 0.231 e. The fraction of sp³-hybridized carbons (Fsp3) is 0.400. The number of hydrogen-bond donors (Lipinski definition) is 1. The lowest BCUT2D eigenvalue weighted by Gasteiger charge is -2.11. The van der Waals surface area contributed by atoms with E-state index in [2.05, 4.69) is 16.4 Å². The molecule has 0 unspecified atom stereocenters. The summed E-state index contributed by atoms with van der Waals surface area (Å²) < 4.78 is 5.60. The van der Waals surface area contributed by atoms with Crippen LogP contribution in [0, 0.1) is 11.3 Å². The van der Waals surface area contributed by atoms with E-state index in [1.54, 1.807) is 18.3 Å². The van der Waals surface area contributed by atoms with E-state index in [1.165, 1.54) is 0 Å². The van der Waals surface area contributed by atoms with E-state index in [9.17, 15) is 0 Å². The third-order valence-electron chi connectivity index (χ3n) is 2.19. The second kappa shape index (κ2) is 4.07. The van der Waals surface area contributed by atoms with Gasteiger partial charge >= 0.3 is 0 Å². The fourth-order valence-corrected chi connectivity index (χ4v) is 1.46. The van der Waals surface area contributed by atoms with Crippen molar-refractivity contribution in [1.29, 1.82) is 5.26 Å². The van der Waals surface area contributed by atoms with E-state index in [1.807, 2.05) is 0 Å². The van der Waals surface area contributed by atoms with Gasteiger partial charge in [-0.3, -0.25) is 0 Å². The lowest BCUT2D eigenvalue weighted by Crippen LogP contribution is -2.20. The number of rotatable bonds is 2. The van der Waals surface area contributed by atoms with Crippen LogP contribution in [0.2, 0.25) is 0 Å². The van der Waals surface area contributed by atoms with Crippen LogP contribution in [0.25, 0.3) is 0 Å². The van der Waals surface area contributed by atoms with Gasteiger partial charge in [-0.15, -0.1) is 0 Å². The van der Waals surface area contributed by atoms with Gasteiger partial charge in [-0.2, -0.15) is 5.26 Å². The highest BCUT2D eigenvalue weighted by Gasteiger charge is 2.17. The molecule has 1 aliphatic rings. The zero-order chi connectivity index (χ0) is 9.80. The van der Waals surface area contributed by atoms with Gasteiger partial charge < -0.3 is 10.1 Å². The minimum absolute atomic E-state index is 0.150. The Morgan fingerprint density at radius 1 is 1.64 bits per heavy atom. The molecule has 0 spiro atoms. The lowest BCUT2D eigenvalue weighted by atomic mass is 10.3. The standard InChI is InChI=1S/C10H11N3O/c11-6-8-2-1-4-13-10(8)14-9-3-5-12-7-9/h1-2,4,9,12H,3,5,7H2/t9-/m1/s1. The van der Waals surface area contributed by atoms with E-state index in [0.717, 1.165) is 19.5 Å². The number of hydrogen-bond acceptors (Lipinski definition) is 4. The quantitative estimate of drug-likeness (QED) is 0.743. The predicted octanol–water partition coefficient (Wildman–Crippen LogP) is 0.694. The first-order valence-corrected chi connectivity index (χ1v) is 4.62. The van der Waals surface area contributed by atoms with Crippen molar-refractivity contribution < 1.29 is 4.74 Å². The van der Waals surface area contributed by atoms with Gasteiger partial charge in [0.25, 0.3) is 0 Å². The average Bonchev–Trinajstić information content (AvgIpc) is 2.71. The van der Waals surface area contributed by atoms with Crippen LogP contribution in [-0.2, 0) is 0 Å². The minimum Gasteiger partial charge on any atom is -0.472 e. The summed E-state index contributed by atoms with van der Waals surface area (Å²) in [5, 5.41) is 12.0. The Morgan fingerprint density at radius 3 is 3.29 bits per heavy atom. The van der Waals surface area contributed by atoms with E-state index < -0.39 is 0 Å². The molecule has 4 heteroatoms. The first-order valence-electron chi connectivity index (χ1n) is 4.62. The minimum atomic E-state index is 0.150. The molecule has 1 aromatic rings. The van der Waals surface area contributed by atoms with Crippen molar-refractivity contribution in [1.82, 2.24) is 10.3 Å². The SMILES string of the molecule is N#Cc1cccnc1O[C@@H]1CCNC1. The molecule has 14 heavy (non-hydrogen) atoms. The van der Waals surface area contributed by atoms with Crippen molar-refractivity contribution in [3.63, 3.8) is 0 Å². The zero-order valence-corrected chi connectivity index (χ0v) is 7.73. The van der Waals surface area contributed by atoms with Gasteiger partial charge in [-0.1, -0.05) is 0 Å². The first kappa shape index (κ1) is 8.97. The molecule has 4 nitrogen and oxygen atoms in total. The molecule has 0 saturated carbocycles. The van der Waals surface area contributed by atoms with Crippen LogP contribution in [0.15, 0.2) is 18.3 Å². The third kappa shape index (κ3) is 1.83. The molecule has 0 amide bonds. The van der Waals surface area contributed by atoms with Crippen molar-refractivity contribution in [2.24, 2.45) is 0 Å². The Hall–Kier alpha value is -1.60. The Labute approximate surface area is 82.5 Å². The second-order valence-electron chi connectivity index (χ2n) is 3.20. The van der Waals surface area contributed by atoms with Crippen molar-refractivity contribution in [3.8, 4) is 11.9 Å². The van der Waals surface area contributed by atoms with E-state index in [-0.39, 0.29) is 6.10 Å². The highest BCUT2D eigenvalue weighted by Crippen LogP contribution is 2.16. The predicted molar refractivity (Wildman–Crippen MR) is 50.9 cm³/mol. The molecule has 0 aliphatic carbocycles. The summed E-state index contributed by atoms with van der Waals surface area (Å²) in [7, 11) is 0. The van der Waals surface area contributed by atoms with Crippen LogP contribution < -0.4 is 10.1 Å². The number of nitriles is 1. The van der Waals surface area contributed by atoms with E-state index in [0.29, 0.717) is 11.4 Å². The number of aromatic nitrogens is 1. The normalized spacial score (nSPS) is 20.4. The zero-order valence-electron chi connectivity index (χ0n) is 7.73. The number of ether oxygens (including phenoxy) is 1. The maximum absolute atomic E-state index is 8.81. The molecule has 2 rings (SSSR count). The number of pyridine rings is 1. The van der Waals surface area contributed by atoms with Gasteiger partial charge in [-0.05, 0) is 25.1 Å². The maximum Gasteiger partial charge on any atom is 0.231 e. The highest BCUT2D eigenvalue weighted by atomic mass is 16.5. The van der Waals surface area contributed by atoms with Crippen LogP contribution in [-0.4, -0.2) is 24.2 Å². The van der Waals surface area contributed by atoms with Crippen LogP contribution in [0.1, 0.15) is 12.0 Å². The monoisotopic (exact) mass is 189 g/mol. The number of nitrogens with one attached hydrogen (secondary N) is 1. The number of nitrogens with zero attached hydrogens (tertiary/aromatic N) is 2. The molecule has 0 aromatic carbocycles. The Morgan fingerprint density at radius 2 is 2.57 bits per heavy atom. The van der Waals surface area contributed by atoms with Crippen LogP contribution >= 0.6 is 0 Å².